The standard InChI is InChI=1S/C39H30BN3O3S.C33H18ClN3OS.2CH4/c1-38(2)39(3,4)46-40(45-38)25-18-20-31-30(22-25)26-19-17-24(21-32(26)44-31)36-41-35(23-11-6-5-7-12-23)42-37(43-36)29-15-10-14-28-27-13-8-9-16-33(27)47-34(28)29;34-21-14-16-27-26(18-21)22-15-13-20(17-28(22)38-27)32-35-31(19-7-2-1-3-8-19)36-33(37-32)25-11-6-10-24-23-9-4-5-12-29(23)39-30(24)25;;/h5-22H,1-4H3;1-18H;2*1H4/i5D,6D,7D,11D,12D;1D,2D,3D,7D,8D;;. The molecule has 1 aliphatic heterocycles. The number of nitrogens with zero attached hydrogens (tertiary/aromatic N) is 6. The third kappa shape index (κ3) is 9.76. The second-order valence-electron chi connectivity index (χ2n) is 21.8. The Morgan fingerprint density at radius 2 is 0.807 bits per heavy atom. The molecular formula is C74H56BClN6O4S2. The third-order valence-electron chi connectivity index (χ3n) is 16.0. The van der Waals surface area contributed by atoms with Crippen LogP contribution in [0.5, 0.6) is 0 Å². The van der Waals surface area contributed by atoms with Crippen molar-refractivity contribution in [2.24, 2.45) is 0 Å². The Kier molecular flexibility index (Phi) is 11.5. The van der Waals surface area contributed by atoms with Crippen LogP contribution < -0.4 is 5.46 Å². The van der Waals surface area contributed by atoms with Crippen molar-refractivity contribution in [2.45, 2.75) is 53.8 Å². The van der Waals surface area contributed by atoms with Gasteiger partial charge in [-0.15, -0.1) is 22.7 Å². The number of hydrogen-bond acceptors (Lipinski definition) is 12. The maximum atomic E-state index is 8.72. The van der Waals surface area contributed by atoms with Crippen molar-refractivity contribution in [1.29, 1.82) is 0 Å². The maximum absolute atomic E-state index is 8.72. The lowest BCUT2D eigenvalue weighted by molar-refractivity contribution is 0.00578. The van der Waals surface area contributed by atoms with Crippen molar-refractivity contribution in [3.05, 3.63) is 223 Å². The zero-order valence-electron chi connectivity index (χ0n) is 56.1. The summed E-state index contributed by atoms with van der Waals surface area (Å²) in [4.78, 5) is 28.8. The summed E-state index contributed by atoms with van der Waals surface area (Å²) < 4.78 is 113. The minimum Gasteiger partial charge on any atom is -0.456 e. The Labute approximate surface area is 535 Å². The molecule has 0 N–H and O–H groups in total. The molecule has 7 heterocycles. The van der Waals surface area contributed by atoms with Crippen molar-refractivity contribution in [3.8, 4) is 68.3 Å². The first-order valence-corrected chi connectivity index (χ1v) is 29.5. The van der Waals surface area contributed by atoms with E-state index >= 15 is 0 Å². The Morgan fingerprint density at radius 1 is 0.386 bits per heavy atom. The van der Waals surface area contributed by atoms with E-state index in [9.17, 15) is 0 Å². The molecular weight excluding hydrogens is 1150 g/mol. The lowest BCUT2D eigenvalue weighted by atomic mass is 9.78. The highest BCUT2D eigenvalue weighted by Gasteiger charge is 2.51. The predicted octanol–water partition coefficient (Wildman–Crippen LogP) is 20.5. The molecule has 1 aliphatic rings. The van der Waals surface area contributed by atoms with Crippen molar-refractivity contribution >= 4 is 131 Å². The van der Waals surface area contributed by atoms with E-state index in [2.05, 4.69) is 41.4 Å². The summed E-state index contributed by atoms with van der Waals surface area (Å²) in [5.74, 6) is 1.15. The molecule has 0 spiro atoms. The fourth-order valence-corrected chi connectivity index (χ4v) is 13.6. The SMILES string of the molecule is C.C.[2H]c1c([2H])c([2H])c(-c2nc(-c3ccc4c(c3)oc3ccc(B5OC(C)(C)C(C)(C)O5)cc34)nc(-c3cccc4c3sc3ccccc34)n2)c([2H])c1[2H].[2H]c1c([2H])c([2H])c(-c2nc(-c3ccc4c(c3)oc3ccc(Cl)cc34)nc(-c3cccc4c3sc3ccccc34)n2)c([2H])c1[2H]. The Hall–Kier alpha value is -9.47. The Balaban J connectivity index is 0.000000166. The van der Waals surface area contributed by atoms with E-state index in [-0.39, 0.29) is 73.4 Å². The van der Waals surface area contributed by atoms with Crippen LogP contribution in [0.15, 0.2) is 227 Å². The molecule has 0 atom stereocenters. The van der Waals surface area contributed by atoms with Crippen LogP contribution in [0.25, 0.3) is 153 Å². The third-order valence-corrected chi connectivity index (χ3v) is 18.7. The van der Waals surface area contributed by atoms with E-state index in [0.29, 0.717) is 50.1 Å². The Bertz CT molecular complexity index is 5950. The predicted molar refractivity (Wildman–Crippen MR) is 367 cm³/mol. The van der Waals surface area contributed by atoms with Crippen molar-refractivity contribution in [3.63, 3.8) is 0 Å². The van der Waals surface area contributed by atoms with Gasteiger partial charge in [-0.1, -0.05) is 172 Å². The quantitative estimate of drug-likeness (QED) is 0.143. The summed E-state index contributed by atoms with van der Waals surface area (Å²) >= 11 is 9.48. The number of aromatic nitrogens is 6. The normalized spacial score (nSPS) is 15.2. The summed E-state index contributed by atoms with van der Waals surface area (Å²) in [6, 6.07) is 46.4. The lowest BCUT2D eigenvalue weighted by Gasteiger charge is -2.32. The number of rotatable bonds is 7. The highest BCUT2D eigenvalue weighted by Crippen LogP contribution is 2.43. The molecule has 0 aliphatic carbocycles. The fraction of sp³-hybridized carbons (Fsp3) is 0.108. The zero-order chi connectivity index (χ0) is 66.5. The molecule has 0 amide bonds. The molecule has 0 saturated carbocycles. The maximum Gasteiger partial charge on any atom is 0.494 e. The smallest absolute Gasteiger partial charge is 0.456 e. The first-order valence-electron chi connectivity index (χ1n) is 32.5. The molecule has 1 saturated heterocycles. The molecule has 10 nitrogen and oxygen atoms in total. The summed E-state index contributed by atoms with van der Waals surface area (Å²) in [7, 11) is -0.521. The number of benzene rings is 10. The van der Waals surface area contributed by atoms with Crippen LogP contribution in [-0.4, -0.2) is 48.2 Å². The Morgan fingerprint density at radius 3 is 1.30 bits per heavy atom. The van der Waals surface area contributed by atoms with Gasteiger partial charge in [-0.2, -0.15) is 0 Å². The van der Waals surface area contributed by atoms with E-state index < -0.39 is 54.6 Å². The van der Waals surface area contributed by atoms with Crippen LogP contribution in [0.2, 0.25) is 5.02 Å². The van der Waals surface area contributed by atoms with Gasteiger partial charge in [0, 0.05) is 100 Å². The molecule has 14 heteroatoms. The molecule has 16 aromatic rings. The monoisotopic (exact) mass is 1210 g/mol. The van der Waals surface area contributed by atoms with Crippen LogP contribution >= 0.6 is 34.3 Å². The van der Waals surface area contributed by atoms with Gasteiger partial charge >= 0.3 is 7.12 Å². The first-order chi connectivity index (χ1) is 46.1. The van der Waals surface area contributed by atoms with E-state index in [1.807, 2.05) is 143 Å². The molecule has 0 bridgehead atoms. The van der Waals surface area contributed by atoms with Gasteiger partial charge in [0.25, 0.3) is 0 Å². The zero-order valence-corrected chi connectivity index (χ0v) is 48.5. The van der Waals surface area contributed by atoms with Crippen LogP contribution in [0.1, 0.15) is 56.3 Å². The second kappa shape index (κ2) is 22.0. The van der Waals surface area contributed by atoms with Crippen LogP contribution in [0.3, 0.4) is 0 Å². The topological polar surface area (TPSA) is 122 Å². The molecule has 0 radical (unpaired) electrons. The van der Waals surface area contributed by atoms with Crippen LogP contribution in [0.4, 0.5) is 0 Å². The number of thiophene rings is 2. The average Bonchev–Trinajstić information content (AvgIpc) is 1.68. The highest BCUT2D eigenvalue weighted by molar-refractivity contribution is 7.26. The highest BCUT2D eigenvalue weighted by atomic mass is 35.5. The summed E-state index contributed by atoms with van der Waals surface area (Å²) in [6.07, 6.45) is 0. The summed E-state index contributed by atoms with van der Waals surface area (Å²) in [5, 5.41) is 8.47. The minimum atomic E-state index is -0.521. The van der Waals surface area contributed by atoms with Crippen molar-refractivity contribution in [2.75, 3.05) is 0 Å². The molecule has 10 aromatic carbocycles. The molecule has 1 fully saturated rings. The molecule has 17 rings (SSSR count). The molecule has 6 aromatic heterocycles. The number of halogens is 1. The van der Waals surface area contributed by atoms with Crippen molar-refractivity contribution in [1.82, 2.24) is 29.9 Å². The average molecular weight is 1210 g/mol. The number of furan rings is 2. The lowest BCUT2D eigenvalue weighted by Crippen LogP contribution is -2.41. The first kappa shape index (κ1) is 45.8. The summed E-state index contributed by atoms with van der Waals surface area (Å²) in [6.45, 7) is 8.11. The van der Waals surface area contributed by atoms with Gasteiger partial charge in [0.15, 0.2) is 34.9 Å². The van der Waals surface area contributed by atoms with E-state index in [4.69, 9.17) is 68.4 Å². The minimum absolute atomic E-state index is 0. The van der Waals surface area contributed by atoms with Gasteiger partial charge in [0.05, 0.1) is 24.9 Å². The van der Waals surface area contributed by atoms with Gasteiger partial charge in [0.1, 0.15) is 22.3 Å². The van der Waals surface area contributed by atoms with E-state index in [1.165, 1.54) is 0 Å². The second-order valence-corrected chi connectivity index (χ2v) is 24.3. The molecule has 428 valence electrons. The summed E-state index contributed by atoms with van der Waals surface area (Å²) in [5.41, 5.74) is 5.07. The fourth-order valence-electron chi connectivity index (χ4n) is 11.0. The van der Waals surface area contributed by atoms with E-state index in [0.717, 1.165) is 78.5 Å². The van der Waals surface area contributed by atoms with E-state index in [1.54, 1.807) is 28.7 Å². The van der Waals surface area contributed by atoms with Gasteiger partial charge < -0.3 is 18.1 Å². The van der Waals surface area contributed by atoms with Gasteiger partial charge in [-0.05, 0) is 106 Å². The molecule has 88 heavy (non-hydrogen) atoms. The largest absolute Gasteiger partial charge is 0.494 e. The van der Waals surface area contributed by atoms with Crippen molar-refractivity contribution < 1.29 is 31.9 Å². The van der Waals surface area contributed by atoms with Gasteiger partial charge in [0.2, 0.25) is 0 Å². The number of hydrogen-bond donors (Lipinski definition) is 0. The number of fused-ring (bicyclic) bond motifs is 12. The van der Waals surface area contributed by atoms with Crippen LogP contribution in [-0.2, 0) is 9.31 Å². The van der Waals surface area contributed by atoms with Crippen LogP contribution in [0, 0.1) is 0 Å². The van der Waals surface area contributed by atoms with Gasteiger partial charge in [-0.25, -0.2) is 29.9 Å². The van der Waals surface area contributed by atoms with Gasteiger partial charge in [-0.3, -0.25) is 0 Å². The molecule has 0 unspecified atom stereocenters.